The molecule has 0 amide bonds. The van der Waals surface area contributed by atoms with Gasteiger partial charge in [0.25, 0.3) is 0 Å². The zero-order valence-corrected chi connectivity index (χ0v) is 13.5. The van der Waals surface area contributed by atoms with Gasteiger partial charge in [0.05, 0.1) is 24.7 Å². The van der Waals surface area contributed by atoms with Crippen molar-refractivity contribution in [2.45, 2.75) is 30.4 Å². The van der Waals surface area contributed by atoms with Crippen molar-refractivity contribution in [3.8, 4) is 5.75 Å². The van der Waals surface area contributed by atoms with E-state index in [0.717, 1.165) is 0 Å². The number of piperidine rings is 1. The van der Waals surface area contributed by atoms with Gasteiger partial charge in [-0.25, -0.2) is 8.42 Å². The lowest BCUT2D eigenvalue weighted by Crippen LogP contribution is -2.47. The highest BCUT2D eigenvalue weighted by molar-refractivity contribution is 7.89. The molecule has 2 aliphatic rings. The van der Waals surface area contributed by atoms with Gasteiger partial charge in [0.2, 0.25) is 10.0 Å². The number of hydrogen-bond acceptors (Lipinski definition) is 5. The minimum absolute atomic E-state index is 0.292. The van der Waals surface area contributed by atoms with Crippen LogP contribution in [0.4, 0.5) is 0 Å². The Bertz CT molecular complexity index is 597. The van der Waals surface area contributed by atoms with Crippen LogP contribution in [0, 0.1) is 0 Å². The SMILES string of the molecule is CCOc1ccc(S(=O)(=O)N2CCC3(CC2)OCCO3)cc1. The normalized spacial score (nSPS) is 22.0. The van der Waals surface area contributed by atoms with E-state index in [1.54, 1.807) is 24.3 Å². The summed E-state index contributed by atoms with van der Waals surface area (Å²) in [5.74, 6) is 0.108. The van der Waals surface area contributed by atoms with Crippen molar-refractivity contribution in [3.05, 3.63) is 24.3 Å². The zero-order chi connectivity index (χ0) is 15.6. The highest BCUT2D eigenvalue weighted by atomic mass is 32.2. The number of rotatable bonds is 4. The molecule has 7 heteroatoms. The van der Waals surface area contributed by atoms with E-state index < -0.39 is 15.8 Å². The molecule has 1 aromatic rings. The van der Waals surface area contributed by atoms with Crippen LogP contribution in [0.3, 0.4) is 0 Å². The van der Waals surface area contributed by atoms with Gasteiger partial charge in [-0.15, -0.1) is 0 Å². The first-order chi connectivity index (χ1) is 10.6. The van der Waals surface area contributed by atoms with Gasteiger partial charge >= 0.3 is 0 Å². The monoisotopic (exact) mass is 327 g/mol. The molecule has 0 bridgehead atoms. The zero-order valence-electron chi connectivity index (χ0n) is 12.7. The van der Waals surface area contributed by atoms with E-state index in [-0.39, 0.29) is 0 Å². The van der Waals surface area contributed by atoms with Crippen molar-refractivity contribution in [1.29, 1.82) is 0 Å². The summed E-state index contributed by atoms with van der Waals surface area (Å²) in [5.41, 5.74) is 0. The highest BCUT2D eigenvalue weighted by Crippen LogP contribution is 2.33. The third-order valence-electron chi connectivity index (χ3n) is 4.07. The van der Waals surface area contributed by atoms with E-state index >= 15 is 0 Å². The number of sulfonamides is 1. The van der Waals surface area contributed by atoms with Gasteiger partial charge in [-0.3, -0.25) is 0 Å². The minimum atomic E-state index is -3.47. The van der Waals surface area contributed by atoms with E-state index in [9.17, 15) is 8.42 Å². The molecule has 22 heavy (non-hydrogen) atoms. The number of nitrogens with zero attached hydrogens (tertiary/aromatic N) is 1. The average molecular weight is 327 g/mol. The molecular weight excluding hydrogens is 306 g/mol. The molecule has 1 aromatic carbocycles. The Balaban J connectivity index is 1.70. The van der Waals surface area contributed by atoms with Crippen molar-refractivity contribution >= 4 is 10.0 Å². The fourth-order valence-electron chi connectivity index (χ4n) is 2.88. The van der Waals surface area contributed by atoms with E-state index in [1.807, 2.05) is 6.92 Å². The van der Waals surface area contributed by atoms with Crippen LogP contribution >= 0.6 is 0 Å². The van der Waals surface area contributed by atoms with E-state index in [2.05, 4.69) is 0 Å². The lowest BCUT2D eigenvalue weighted by Gasteiger charge is -2.36. The maximum absolute atomic E-state index is 12.7. The van der Waals surface area contributed by atoms with E-state index in [0.29, 0.717) is 56.4 Å². The fraction of sp³-hybridized carbons (Fsp3) is 0.600. The smallest absolute Gasteiger partial charge is 0.243 e. The van der Waals surface area contributed by atoms with Crippen LogP contribution in [0.2, 0.25) is 0 Å². The largest absolute Gasteiger partial charge is 0.494 e. The second kappa shape index (κ2) is 6.16. The van der Waals surface area contributed by atoms with Crippen LogP contribution in [0.15, 0.2) is 29.2 Å². The van der Waals surface area contributed by atoms with Crippen LogP contribution < -0.4 is 4.74 Å². The number of benzene rings is 1. The summed E-state index contributed by atoms with van der Waals surface area (Å²) in [5, 5.41) is 0. The molecule has 2 heterocycles. The van der Waals surface area contributed by atoms with Crippen molar-refractivity contribution in [2.24, 2.45) is 0 Å². The Morgan fingerprint density at radius 1 is 1.14 bits per heavy atom. The molecule has 0 N–H and O–H groups in total. The molecule has 122 valence electrons. The first kappa shape index (κ1) is 15.7. The van der Waals surface area contributed by atoms with Crippen molar-refractivity contribution in [3.63, 3.8) is 0 Å². The summed E-state index contributed by atoms with van der Waals surface area (Å²) >= 11 is 0. The lowest BCUT2D eigenvalue weighted by molar-refractivity contribution is -0.179. The third-order valence-corrected chi connectivity index (χ3v) is 5.98. The van der Waals surface area contributed by atoms with Gasteiger partial charge in [-0.2, -0.15) is 4.31 Å². The molecule has 3 rings (SSSR count). The van der Waals surface area contributed by atoms with Gasteiger partial charge < -0.3 is 14.2 Å². The van der Waals surface area contributed by atoms with E-state index in [4.69, 9.17) is 14.2 Å². The molecule has 1 spiro atoms. The number of hydrogen-bond donors (Lipinski definition) is 0. The summed E-state index contributed by atoms with van der Waals surface area (Å²) < 4.78 is 43.4. The summed E-state index contributed by atoms with van der Waals surface area (Å²) in [6.07, 6.45) is 1.15. The Morgan fingerprint density at radius 3 is 2.27 bits per heavy atom. The molecule has 0 aliphatic carbocycles. The summed E-state index contributed by atoms with van der Waals surface area (Å²) in [4.78, 5) is 0.292. The second-order valence-corrected chi connectivity index (χ2v) is 7.35. The molecule has 0 atom stereocenters. The highest BCUT2D eigenvalue weighted by Gasteiger charge is 2.42. The van der Waals surface area contributed by atoms with Gasteiger partial charge in [0.15, 0.2) is 5.79 Å². The number of ether oxygens (including phenoxy) is 3. The van der Waals surface area contributed by atoms with E-state index in [1.165, 1.54) is 4.31 Å². The maximum atomic E-state index is 12.7. The second-order valence-electron chi connectivity index (χ2n) is 5.42. The topological polar surface area (TPSA) is 65.1 Å². The summed E-state index contributed by atoms with van der Waals surface area (Å²) in [7, 11) is -3.47. The Labute approximate surface area is 131 Å². The van der Waals surface area contributed by atoms with Gasteiger partial charge in [-0.1, -0.05) is 0 Å². The standard InChI is InChI=1S/C15H21NO5S/c1-2-19-13-3-5-14(6-4-13)22(17,18)16-9-7-15(8-10-16)20-11-12-21-15/h3-6H,2,7-12H2,1H3. The van der Waals surface area contributed by atoms with Crippen LogP contribution in [0.25, 0.3) is 0 Å². The Morgan fingerprint density at radius 2 is 1.73 bits per heavy atom. The summed E-state index contributed by atoms with van der Waals surface area (Å²) in [6, 6.07) is 6.55. The predicted molar refractivity (Wildman–Crippen MR) is 80.2 cm³/mol. The molecule has 6 nitrogen and oxygen atoms in total. The van der Waals surface area contributed by atoms with Gasteiger partial charge in [-0.05, 0) is 31.2 Å². The minimum Gasteiger partial charge on any atom is -0.494 e. The first-order valence-electron chi connectivity index (χ1n) is 7.57. The average Bonchev–Trinajstić information content (AvgIpc) is 2.97. The predicted octanol–water partition coefficient (Wildman–Crippen LogP) is 1.61. The molecule has 2 fully saturated rings. The molecule has 2 saturated heterocycles. The third kappa shape index (κ3) is 2.99. The molecule has 0 radical (unpaired) electrons. The van der Waals surface area contributed by atoms with Crippen molar-refractivity contribution in [1.82, 2.24) is 4.31 Å². The molecule has 0 aromatic heterocycles. The molecule has 0 unspecified atom stereocenters. The molecular formula is C15H21NO5S. The van der Waals surface area contributed by atoms with Crippen LogP contribution in [-0.2, 0) is 19.5 Å². The fourth-order valence-corrected chi connectivity index (χ4v) is 4.32. The van der Waals surface area contributed by atoms with Crippen LogP contribution in [0.5, 0.6) is 5.75 Å². The summed E-state index contributed by atoms with van der Waals surface area (Å²) in [6.45, 7) is 4.45. The van der Waals surface area contributed by atoms with Crippen LogP contribution in [-0.4, -0.2) is 51.4 Å². The molecule has 0 saturated carbocycles. The first-order valence-corrected chi connectivity index (χ1v) is 9.01. The Kier molecular flexibility index (Phi) is 4.40. The van der Waals surface area contributed by atoms with Gasteiger partial charge in [0, 0.05) is 25.9 Å². The lowest BCUT2D eigenvalue weighted by atomic mass is 10.1. The van der Waals surface area contributed by atoms with Crippen molar-refractivity contribution < 1.29 is 22.6 Å². The maximum Gasteiger partial charge on any atom is 0.243 e. The van der Waals surface area contributed by atoms with Gasteiger partial charge in [0.1, 0.15) is 5.75 Å². The quantitative estimate of drug-likeness (QED) is 0.841. The Hall–Kier alpha value is -1.15. The van der Waals surface area contributed by atoms with Crippen LogP contribution in [0.1, 0.15) is 19.8 Å². The van der Waals surface area contributed by atoms with Crippen molar-refractivity contribution in [2.75, 3.05) is 32.9 Å². The molecule has 2 aliphatic heterocycles.